The van der Waals surface area contributed by atoms with Gasteiger partial charge < -0.3 is 0 Å². The summed E-state index contributed by atoms with van der Waals surface area (Å²) >= 11 is 0. The number of benzene rings is 10. The Morgan fingerprint density at radius 1 is 0.222 bits per heavy atom. The minimum absolute atomic E-state index is 0.930. The lowest BCUT2D eigenvalue weighted by molar-refractivity contribution is 1.73. The smallest absolute Gasteiger partial charge is 0.000861 e. The summed E-state index contributed by atoms with van der Waals surface area (Å²) in [5, 5.41) is 18.3. The van der Waals surface area contributed by atoms with Crippen LogP contribution >= 0.6 is 15.8 Å². The Morgan fingerprint density at radius 3 is 0.815 bits per heavy atom. The fourth-order valence-electron chi connectivity index (χ4n) is 8.07. The SMILES string of the molecule is c1ccc(P(c2ccccc2)c2ccc3cc4ccccc4cc3c2-c2c(P(c3ccccc3)c3ccccc3)ccc3cc4ccccc4cc23)cc1. The Hall–Kier alpha value is -5.90. The van der Waals surface area contributed by atoms with Crippen LogP contribution in [0.1, 0.15) is 0 Å². The monoisotopic (exact) mass is 722 g/mol. The van der Waals surface area contributed by atoms with Crippen LogP contribution < -0.4 is 31.8 Å². The lowest BCUT2D eigenvalue weighted by Gasteiger charge is -2.28. The third-order valence-corrected chi connectivity index (χ3v) is 15.5. The number of hydrogen-bond acceptors (Lipinski definition) is 0. The van der Waals surface area contributed by atoms with Crippen LogP contribution in [0.4, 0.5) is 0 Å². The first-order valence-electron chi connectivity index (χ1n) is 18.5. The minimum atomic E-state index is -0.930. The van der Waals surface area contributed by atoms with Crippen molar-refractivity contribution < 1.29 is 0 Å². The largest absolute Gasteiger partial charge is 0.0622 e. The Kier molecular flexibility index (Phi) is 8.58. The van der Waals surface area contributed by atoms with E-state index in [-0.39, 0.29) is 0 Å². The van der Waals surface area contributed by atoms with Gasteiger partial charge in [0.2, 0.25) is 0 Å². The topological polar surface area (TPSA) is 0 Å². The maximum absolute atomic E-state index is 2.46. The van der Waals surface area contributed by atoms with Gasteiger partial charge in [-0.2, -0.15) is 0 Å². The van der Waals surface area contributed by atoms with Crippen LogP contribution in [0.3, 0.4) is 0 Å². The van der Waals surface area contributed by atoms with Crippen molar-refractivity contribution in [3.63, 3.8) is 0 Å². The van der Waals surface area contributed by atoms with E-state index in [0.717, 1.165) is 0 Å². The molecule has 0 saturated carbocycles. The third kappa shape index (κ3) is 5.90. The fraction of sp³-hybridized carbons (Fsp3) is 0. The molecule has 0 aromatic heterocycles. The van der Waals surface area contributed by atoms with E-state index < -0.39 is 15.8 Å². The van der Waals surface area contributed by atoms with Gasteiger partial charge in [-0.3, -0.25) is 0 Å². The first-order chi connectivity index (χ1) is 26.8. The summed E-state index contributed by atoms with van der Waals surface area (Å²) in [6.07, 6.45) is 0. The molecule has 0 N–H and O–H groups in total. The fourth-order valence-corrected chi connectivity index (χ4v) is 13.0. The molecule has 0 amide bonds. The van der Waals surface area contributed by atoms with E-state index in [1.807, 2.05) is 0 Å². The van der Waals surface area contributed by atoms with Crippen molar-refractivity contribution in [3.8, 4) is 11.1 Å². The first kappa shape index (κ1) is 32.7. The average molecular weight is 723 g/mol. The van der Waals surface area contributed by atoms with E-state index in [9.17, 15) is 0 Å². The molecular formula is C52H36P2. The molecule has 0 unspecified atom stereocenters. The van der Waals surface area contributed by atoms with Crippen LogP contribution in [-0.4, -0.2) is 0 Å². The third-order valence-electron chi connectivity index (χ3n) is 10.5. The van der Waals surface area contributed by atoms with Gasteiger partial charge >= 0.3 is 0 Å². The molecule has 0 nitrogen and oxygen atoms in total. The van der Waals surface area contributed by atoms with Crippen molar-refractivity contribution in [2.75, 3.05) is 0 Å². The Balaban J connectivity index is 1.41. The summed E-state index contributed by atoms with van der Waals surface area (Å²) in [5.74, 6) is 0. The molecule has 254 valence electrons. The van der Waals surface area contributed by atoms with Crippen molar-refractivity contribution in [2.45, 2.75) is 0 Å². The van der Waals surface area contributed by atoms with E-state index in [0.29, 0.717) is 0 Å². The highest BCUT2D eigenvalue weighted by Crippen LogP contribution is 2.46. The van der Waals surface area contributed by atoms with Crippen molar-refractivity contribution >= 4 is 90.8 Å². The molecule has 10 rings (SSSR count). The van der Waals surface area contributed by atoms with Crippen molar-refractivity contribution in [1.29, 1.82) is 0 Å². The lowest BCUT2D eigenvalue weighted by Crippen LogP contribution is -2.26. The van der Waals surface area contributed by atoms with E-state index in [1.165, 1.54) is 86.0 Å². The number of hydrogen-bond donors (Lipinski definition) is 0. The molecule has 0 fully saturated rings. The highest BCUT2D eigenvalue weighted by molar-refractivity contribution is 7.80. The van der Waals surface area contributed by atoms with Gasteiger partial charge in [-0.15, -0.1) is 0 Å². The average Bonchev–Trinajstić information content (AvgIpc) is 3.24. The summed E-state index contributed by atoms with van der Waals surface area (Å²) in [5.41, 5.74) is 2.68. The number of fused-ring (bicyclic) bond motifs is 4. The standard InChI is InChI=1S/C52H36P2/c1-5-21-43(22-6-1)53(44-23-7-2-8-24-44)49-31-29-41-33-37-17-13-15-19-39(37)35-47(41)51(49)52-48-36-40-20-16-14-18-38(40)34-42(48)30-32-50(52)54(45-25-9-3-10-26-45)46-27-11-4-12-28-46/h1-36H. The molecule has 0 bridgehead atoms. The van der Waals surface area contributed by atoms with Gasteiger partial charge in [-0.1, -0.05) is 194 Å². The normalized spacial score (nSPS) is 11.7. The van der Waals surface area contributed by atoms with E-state index in [2.05, 4.69) is 218 Å². The van der Waals surface area contributed by atoms with E-state index >= 15 is 0 Å². The molecular weight excluding hydrogens is 687 g/mol. The summed E-state index contributed by atoms with van der Waals surface area (Å²) in [4.78, 5) is 0. The second kappa shape index (κ2) is 14.2. The predicted molar refractivity (Wildman–Crippen MR) is 239 cm³/mol. The van der Waals surface area contributed by atoms with Gasteiger partial charge in [0.1, 0.15) is 0 Å². The molecule has 10 aromatic carbocycles. The van der Waals surface area contributed by atoms with Crippen LogP contribution in [0.15, 0.2) is 218 Å². The van der Waals surface area contributed by atoms with Crippen LogP contribution in [-0.2, 0) is 0 Å². The molecule has 0 aliphatic heterocycles. The zero-order chi connectivity index (χ0) is 35.8. The van der Waals surface area contributed by atoms with Gasteiger partial charge in [0.05, 0.1) is 0 Å². The minimum Gasteiger partial charge on any atom is -0.0622 e. The van der Waals surface area contributed by atoms with Crippen LogP contribution in [0.2, 0.25) is 0 Å². The van der Waals surface area contributed by atoms with Crippen LogP contribution in [0.25, 0.3) is 54.2 Å². The van der Waals surface area contributed by atoms with Crippen molar-refractivity contribution in [3.05, 3.63) is 218 Å². The summed E-state index contributed by atoms with van der Waals surface area (Å²) in [7, 11) is -1.86. The summed E-state index contributed by atoms with van der Waals surface area (Å²) in [6.45, 7) is 0. The molecule has 2 heteroatoms. The zero-order valence-corrected chi connectivity index (χ0v) is 31.5. The Morgan fingerprint density at radius 2 is 0.500 bits per heavy atom. The zero-order valence-electron chi connectivity index (χ0n) is 29.7. The number of rotatable bonds is 7. The van der Waals surface area contributed by atoms with Crippen LogP contribution in [0, 0.1) is 0 Å². The molecule has 0 spiro atoms. The molecule has 0 atom stereocenters. The Bertz CT molecular complexity index is 2640. The summed E-state index contributed by atoms with van der Waals surface area (Å²) < 4.78 is 0. The lowest BCUT2D eigenvalue weighted by atomic mass is 9.91. The van der Waals surface area contributed by atoms with E-state index in [1.54, 1.807) is 0 Å². The second-order valence-corrected chi connectivity index (χ2v) is 18.1. The molecule has 0 heterocycles. The highest BCUT2D eigenvalue weighted by atomic mass is 31.1. The molecule has 54 heavy (non-hydrogen) atoms. The van der Waals surface area contributed by atoms with Crippen molar-refractivity contribution in [2.24, 2.45) is 0 Å². The molecule has 0 radical (unpaired) electrons. The summed E-state index contributed by atoms with van der Waals surface area (Å²) in [6, 6.07) is 81.7. The van der Waals surface area contributed by atoms with E-state index in [4.69, 9.17) is 0 Å². The van der Waals surface area contributed by atoms with Gasteiger partial charge in [0, 0.05) is 0 Å². The van der Waals surface area contributed by atoms with Gasteiger partial charge in [0.15, 0.2) is 0 Å². The second-order valence-electron chi connectivity index (χ2n) is 13.8. The molecule has 10 aromatic rings. The molecule has 0 aliphatic carbocycles. The van der Waals surface area contributed by atoms with Crippen LogP contribution in [0.5, 0.6) is 0 Å². The maximum Gasteiger partial charge on any atom is -0.000861 e. The van der Waals surface area contributed by atoms with Crippen molar-refractivity contribution in [1.82, 2.24) is 0 Å². The Labute approximate surface area is 318 Å². The maximum atomic E-state index is 2.46. The first-order valence-corrected chi connectivity index (χ1v) is 21.2. The van der Waals surface area contributed by atoms with Gasteiger partial charge in [-0.25, -0.2) is 0 Å². The molecule has 0 aliphatic rings. The van der Waals surface area contributed by atoms with Gasteiger partial charge in [-0.05, 0) is 126 Å². The predicted octanol–water partition coefficient (Wildman–Crippen LogP) is 11.5. The quantitative estimate of drug-likeness (QED) is 0.113. The highest BCUT2D eigenvalue weighted by Gasteiger charge is 2.28. The molecule has 0 saturated heterocycles. The van der Waals surface area contributed by atoms with Gasteiger partial charge in [0.25, 0.3) is 0 Å².